The first kappa shape index (κ1) is 12.8. The van der Waals surface area contributed by atoms with Gasteiger partial charge >= 0.3 is 0 Å². The van der Waals surface area contributed by atoms with E-state index in [0.29, 0.717) is 18.9 Å². The first-order chi connectivity index (χ1) is 7.99. The van der Waals surface area contributed by atoms with Crippen LogP contribution in [0, 0.1) is 11.8 Å². The Labute approximate surface area is 103 Å². The van der Waals surface area contributed by atoms with E-state index in [0.717, 1.165) is 32.5 Å². The van der Waals surface area contributed by atoms with Crippen molar-refractivity contribution in [2.75, 3.05) is 26.2 Å². The summed E-state index contributed by atoms with van der Waals surface area (Å²) >= 11 is 0. The van der Waals surface area contributed by atoms with Crippen molar-refractivity contribution in [1.29, 1.82) is 0 Å². The molecular formula is C13H24N2O2. The molecular weight excluding hydrogens is 216 g/mol. The highest BCUT2D eigenvalue weighted by molar-refractivity contribution is 5.79. The normalized spacial score (nSPS) is 39.1. The predicted molar refractivity (Wildman–Crippen MR) is 66.6 cm³/mol. The van der Waals surface area contributed by atoms with Gasteiger partial charge in [0.1, 0.15) is 0 Å². The number of nitrogens with one attached hydrogen (secondary N) is 1. The van der Waals surface area contributed by atoms with Crippen molar-refractivity contribution >= 4 is 5.91 Å². The minimum Gasteiger partial charge on any atom is -0.390 e. The third-order valence-electron chi connectivity index (χ3n) is 4.21. The van der Waals surface area contributed by atoms with Gasteiger partial charge in [-0.1, -0.05) is 6.92 Å². The van der Waals surface area contributed by atoms with Gasteiger partial charge < -0.3 is 15.3 Å². The second-order valence-electron chi connectivity index (χ2n) is 5.92. The van der Waals surface area contributed by atoms with E-state index in [1.807, 2.05) is 11.8 Å². The standard InChI is InChI=1S/C13H24N2O2/c1-10-8-14-9-11(10)12(16)15-6-3-4-13(2,17)5-7-15/h10-11,14,17H,3-9H2,1-2H3. The number of likely N-dealkylation sites (tertiary alicyclic amines) is 1. The summed E-state index contributed by atoms with van der Waals surface area (Å²) in [4.78, 5) is 14.3. The van der Waals surface area contributed by atoms with Crippen molar-refractivity contribution in [3.63, 3.8) is 0 Å². The molecule has 2 N–H and O–H groups in total. The van der Waals surface area contributed by atoms with Crippen molar-refractivity contribution < 1.29 is 9.90 Å². The van der Waals surface area contributed by atoms with Gasteiger partial charge in [-0.15, -0.1) is 0 Å². The molecule has 2 heterocycles. The molecule has 2 fully saturated rings. The summed E-state index contributed by atoms with van der Waals surface area (Å²) in [5, 5.41) is 13.3. The molecule has 0 aromatic carbocycles. The number of carbonyl (C=O) groups is 1. The zero-order valence-corrected chi connectivity index (χ0v) is 10.9. The van der Waals surface area contributed by atoms with Gasteiger partial charge in [0.05, 0.1) is 11.5 Å². The Bertz CT molecular complexity index is 291. The van der Waals surface area contributed by atoms with Gasteiger partial charge in [0.2, 0.25) is 5.91 Å². The molecule has 0 saturated carbocycles. The van der Waals surface area contributed by atoms with Gasteiger partial charge in [0.15, 0.2) is 0 Å². The van der Waals surface area contributed by atoms with E-state index in [1.165, 1.54) is 0 Å². The maximum absolute atomic E-state index is 12.4. The van der Waals surface area contributed by atoms with Crippen LogP contribution >= 0.6 is 0 Å². The zero-order valence-electron chi connectivity index (χ0n) is 10.9. The summed E-state index contributed by atoms with van der Waals surface area (Å²) in [6.07, 6.45) is 2.41. The number of carbonyl (C=O) groups excluding carboxylic acids is 1. The Balaban J connectivity index is 1.95. The Kier molecular flexibility index (Phi) is 3.73. The van der Waals surface area contributed by atoms with Crippen LogP contribution in [0.25, 0.3) is 0 Å². The quantitative estimate of drug-likeness (QED) is 0.706. The molecule has 0 aromatic rings. The highest BCUT2D eigenvalue weighted by Crippen LogP contribution is 2.24. The SMILES string of the molecule is CC1CNCC1C(=O)N1CCCC(C)(O)CC1. The summed E-state index contributed by atoms with van der Waals surface area (Å²) < 4.78 is 0. The molecule has 3 atom stereocenters. The van der Waals surface area contributed by atoms with Gasteiger partial charge in [0.25, 0.3) is 0 Å². The van der Waals surface area contributed by atoms with E-state index in [9.17, 15) is 9.90 Å². The number of amides is 1. The molecule has 98 valence electrons. The number of hydrogen-bond donors (Lipinski definition) is 2. The molecule has 0 aromatic heterocycles. The number of hydrogen-bond acceptors (Lipinski definition) is 3. The van der Waals surface area contributed by atoms with Crippen LogP contribution in [-0.4, -0.2) is 47.7 Å². The number of rotatable bonds is 1. The Morgan fingerprint density at radius 1 is 1.35 bits per heavy atom. The minimum absolute atomic E-state index is 0.137. The largest absolute Gasteiger partial charge is 0.390 e. The van der Waals surface area contributed by atoms with E-state index in [2.05, 4.69) is 12.2 Å². The fourth-order valence-corrected chi connectivity index (χ4v) is 2.86. The molecule has 0 aliphatic carbocycles. The molecule has 17 heavy (non-hydrogen) atoms. The van der Waals surface area contributed by atoms with Gasteiger partial charge in [-0.25, -0.2) is 0 Å². The van der Waals surface area contributed by atoms with Crippen molar-refractivity contribution in [1.82, 2.24) is 10.2 Å². The van der Waals surface area contributed by atoms with Gasteiger partial charge in [-0.2, -0.15) is 0 Å². The maximum Gasteiger partial charge on any atom is 0.227 e. The third-order valence-corrected chi connectivity index (χ3v) is 4.21. The fraction of sp³-hybridized carbons (Fsp3) is 0.923. The van der Waals surface area contributed by atoms with Crippen LogP contribution < -0.4 is 5.32 Å². The monoisotopic (exact) mass is 240 g/mol. The Morgan fingerprint density at radius 3 is 2.76 bits per heavy atom. The lowest BCUT2D eigenvalue weighted by molar-refractivity contribution is -0.136. The van der Waals surface area contributed by atoms with Gasteiger partial charge in [-0.3, -0.25) is 4.79 Å². The molecule has 0 radical (unpaired) electrons. The van der Waals surface area contributed by atoms with E-state index >= 15 is 0 Å². The minimum atomic E-state index is -0.589. The smallest absolute Gasteiger partial charge is 0.227 e. The molecule has 4 nitrogen and oxygen atoms in total. The average molecular weight is 240 g/mol. The summed E-state index contributed by atoms with van der Waals surface area (Å²) in [5.41, 5.74) is -0.589. The van der Waals surface area contributed by atoms with E-state index < -0.39 is 5.60 Å². The topological polar surface area (TPSA) is 52.6 Å². The first-order valence-electron chi connectivity index (χ1n) is 6.71. The van der Waals surface area contributed by atoms with E-state index in [4.69, 9.17) is 0 Å². The average Bonchev–Trinajstić information content (AvgIpc) is 2.59. The number of aliphatic hydroxyl groups is 1. The number of nitrogens with zero attached hydrogens (tertiary/aromatic N) is 1. The van der Waals surface area contributed by atoms with E-state index in [-0.39, 0.29) is 11.8 Å². The molecule has 2 rings (SSSR count). The van der Waals surface area contributed by atoms with Crippen LogP contribution in [-0.2, 0) is 4.79 Å². The third kappa shape index (κ3) is 2.99. The maximum atomic E-state index is 12.4. The zero-order chi connectivity index (χ0) is 12.5. The lowest BCUT2D eigenvalue weighted by Gasteiger charge is -2.26. The van der Waals surface area contributed by atoms with Crippen LogP contribution in [0.2, 0.25) is 0 Å². The lowest BCUT2D eigenvalue weighted by Crippen LogP contribution is -2.40. The van der Waals surface area contributed by atoms with Crippen LogP contribution in [0.15, 0.2) is 0 Å². The molecule has 2 saturated heterocycles. The molecule has 2 aliphatic heterocycles. The van der Waals surface area contributed by atoms with Crippen LogP contribution in [0.4, 0.5) is 0 Å². The Hall–Kier alpha value is -0.610. The van der Waals surface area contributed by atoms with Gasteiger partial charge in [-0.05, 0) is 38.6 Å². The Morgan fingerprint density at radius 2 is 2.12 bits per heavy atom. The molecule has 2 aliphatic rings. The van der Waals surface area contributed by atoms with Gasteiger partial charge in [0, 0.05) is 19.6 Å². The second kappa shape index (κ2) is 4.94. The lowest BCUT2D eigenvalue weighted by atomic mass is 9.96. The fourth-order valence-electron chi connectivity index (χ4n) is 2.86. The van der Waals surface area contributed by atoms with Crippen LogP contribution in [0.5, 0.6) is 0 Å². The summed E-state index contributed by atoms with van der Waals surface area (Å²) in [6, 6.07) is 0. The van der Waals surface area contributed by atoms with E-state index in [1.54, 1.807) is 0 Å². The predicted octanol–water partition coefficient (Wildman–Crippen LogP) is 0.605. The van der Waals surface area contributed by atoms with Crippen molar-refractivity contribution in [2.45, 2.75) is 38.7 Å². The van der Waals surface area contributed by atoms with Crippen LogP contribution in [0.3, 0.4) is 0 Å². The first-order valence-corrected chi connectivity index (χ1v) is 6.71. The molecule has 1 amide bonds. The molecule has 0 spiro atoms. The highest BCUT2D eigenvalue weighted by atomic mass is 16.3. The van der Waals surface area contributed by atoms with Crippen molar-refractivity contribution in [2.24, 2.45) is 11.8 Å². The summed E-state index contributed by atoms with van der Waals surface area (Å²) in [5.74, 6) is 0.851. The molecule has 3 unspecified atom stereocenters. The molecule has 4 heteroatoms. The van der Waals surface area contributed by atoms with Crippen molar-refractivity contribution in [3.05, 3.63) is 0 Å². The molecule has 0 bridgehead atoms. The highest BCUT2D eigenvalue weighted by Gasteiger charge is 2.34. The van der Waals surface area contributed by atoms with Crippen LogP contribution in [0.1, 0.15) is 33.1 Å². The van der Waals surface area contributed by atoms with Crippen molar-refractivity contribution in [3.8, 4) is 0 Å². The summed E-state index contributed by atoms with van der Waals surface area (Å²) in [7, 11) is 0. The second-order valence-corrected chi connectivity index (χ2v) is 5.92. The summed E-state index contributed by atoms with van der Waals surface area (Å²) in [6.45, 7) is 7.28.